The first-order chi connectivity index (χ1) is 18.9. The summed E-state index contributed by atoms with van der Waals surface area (Å²) < 4.78 is 5.61. The quantitative estimate of drug-likeness (QED) is 0.269. The molecule has 0 saturated carbocycles. The maximum atomic E-state index is 5.61. The third-order valence-electron chi connectivity index (χ3n) is 7.51. The van der Waals surface area contributed by atoms with E-state index < -0.39 is 0 Å². The first-order valence-electron chi connectivity index (χ1n) is 14.2. The topological polar surface area (TPSA) is 78.4 Å². The van der Waals surface area contributed by atoms with Crippen LogP contribution in [-0.2, 0) is 23.1 Å². The third-order valence-corrected chi connectivity index (χ3v) is 7.51. The van der Waals surface area contributed by atoms with E-state index in [4.69, 9.17) is 19.7 Å². The maximum Gasteiger partial charge on any atom is 0.229 e. The van der Waals surface area contributed by atoms with Gasteiger partial charge in [0.2, 0.25) is 5.95 Å². The molecule has 0 spiro atoms. The van der Waals surface area contributed by atoms with Gasteiger partial charge in [-0.15, -0.1) is 0 Å². The number of aryl methyl sites for hydroxylation is 2. The SMILES string of the molecule is CCCN(C)CCCCc1ccc(Nc2ncc3c(n2)N(c2cccc(CNC)n2)C[C@]3(C)COC)cc1C. The number of rotatable bonds is 14. The van der Waals surface area contributed by atoms with Gasteiger partial charge < -0.3 is 25.2 Å². The van der Waals surface area contributed by atoms with Gasteiger partial charge in [-0.25, -0.2) is 9.97 Å². The molecule has 0 aliphatic carbocycles. The average molecular weight is 532 g/mol. The minimum Gasteiger partial charge on any atom is -0.384 e. The molecule has 3 aromatic rings. The highest BCUT2D eigenvalue weighted by molar-refractivity contribution is 5.69. The molecule has 8 nitrogen and oxygen atoms in total. The van der Waals surface area contributed by atoms with Crippen LogP contribution in [0.3, 0.4) is 0 Å². The Labute approximate surface area is 234 Å². The monoisotopic (exact) mass is 531 g/mol. The van der Waals surface area contributed by atoms with Crippen LogP contribution >= 0.6 is 0 Å². The van der Waals surface area contributed by atoms with Crippen molar-refractivity contribution in [1.82, 2.24) is 25.2 Å². The second-order valence-electron chi connectivity index (χ2n) is 11.1. The highest BCUT2D eigenvalue weighted by Gasteiger charge is 2.42. The van der Waals surface area contributed by atoms with E-state index in [1.807, 2.05) is 25.4 Å². The Morgan fingerprint density at radius 3 is 2.72 bits per heavy atom. The van der Waals surface area contributed by atoms with Crippen molar-refractivity contribution in [3.63, 3.8) is 0 Å². The molecule has 39 heavy (non-hydrogen) atoms. The highest BCUT2D eigenvalue weighted by Crippen LogP contribution is 2.43. The normalized spacial score (nSPS) is 16.6. The number of fused-ring (bicyclic) bond motifs is 1. The number of hydrogen-bond acceptors (Lipinski definition) is 8. The van der Waals surface area contributed by atoms with Crippen LogP contribution in [0.25, 0.3) is 0 Å². The maximum absolute atomic E-state index is 5.61. The van der Waals surface area contributed by atoms with Crippen LogP contribution in [0.1, 0.15) is 55.5 Å². The molecular formula is C31H45N7O. The van der Waals surface area contributed by atoms with Crippen LogP contribution in [0.4, 0.5) is 23.3 Å². The third kappa shape index (κ3) is 7.12. The summed E-state index contributed by atoms with van der Waals surface area (Å²) in [6.45, 7) is 11.0. The Hall–Kier alpha value is -3.07. The van der Waals surface area contributed by atoms with Crippen molar-refractivity contribution in [2.75, 3.05) is 57.7 Å². The van der Waals surface area contributed by atoms with Crippen LogP contribution < -0.4 is 15.5 Å². The van der Waals surface area contributed by atoms with E-state index >= 15 is 0 Å². The van der Waals surface area contributed by atoms with Gasteiger partial charge in [-0.05, 0) is 95.2 Å². The lowest BCUT2D eigenvalue weighted by Gasteiger charge is -2.24. The Kier molecular flexibility index (Phi) is 9.88. The molecular weight excluding hydrogens is 486 g/mol. The molecule has 1 aliphatic heterocycles. The first kappa shape index (κ1) is 28.9. The Morgan fingerprint density at radius 2 is 1.97 bits per heavy atom. The van der Waals surface area contributed by atoms with E-state index in [0.717, 1.165) is 48.1 Å². The van der Waals surface area contributed by atoms with Crippen molar-refractivity contribution in [1.29, 1.82) is 0 Å². The fourth-order valence-corrected chi connectivity index (χ4v) is 5.48. The van der Waals surface area contributed by atoms with Crippen LogP contribution in [0.2, 0.25) is 0 Å². The predicted octanol–water partition coefficient (Wildman–Crippen LogP) is 5.36. The number of ether oxygens (including phenoxy) is 1. The van der Waals surface area contributed by atoms with Gasteiger partial charge in [-0.3, -0.25) is 0 Å². The number of nitrogens with zero attached hydrogens (tertiary/aromatic N) is 5. The molecule has 0 bridgehead atoms. The number of anilines is 4. The molecule has 0 radical (unpaired) electrons. The number of aromatic nitrogens is 3. The van der Waals surface area contributed by atoms with Crippen molar-refractivity contribution in [2.45, 2.75) is 58.4 Å². The lowest BCUT2D eigenvalue weighted by molar-refractivity contribution is 0.145. The fourth-order valence-electron chi connectivity index (χ4n) is 5.48. The van der Waals surface area contributed by atoms with E-state index in [-0.39, 0.29) is 5.41 Å². The van der Waals surface area contributed by atoms with Crippen LogP contribution in [0, 0.1) is 6.92 Å². The van der Waals surface area contributed by atoms with Crippen molar-refractivity contribution < 1.29 is 4.74 Å². The fraction of sp³-hybridized carbons (Fsp3) is 0.516. The minimum atomic E-state index is -0.229. The summed E-state index contributed by atoms with van der Waals surface area (Å²) in [5.41, 5.74) is 5.54. The average Bonchev–Trinajstić information content (AvgIpc) is 3.20. The minimum absolute atomic E-state index is 0.229. The molecule has 1 aliphatic rings. The van der Waals surface area contributed by atoms with Gasteiger partial charge in [0, 0.05) is 43.1 Å². The summed E-state index contributed by atoms with van der Waals surface area (Å²) in [5, 5.41) is 6.63. The van der Waals surface area contributed by atoms with Gasteiger partial charge in [0.15, 0.2) is 0 Å². The summed E-state index contributed by atoms with van der Waals surface area (Å²) in [5.74, 6) is 2.34. The zero-order valence-corrected chi connectivity index (χ0v) is 24.5. The largest absolute Gasteiger partial charge is 0.384 e. The van der Waals surface area contributed by atoms with Crippen molar-refractivity contribution in [2.24, 2.45) is 0 Å². The Balaban J connectivity index is 1.50. The van der Waals surface area contributed by atoms with Crippen molar-refractivity contribution in [3.05, 3.63) is 65.0 Å². The molecule has 1 atom stereocenters. The van der Waals surface area contributed by atoms with E-state index in [1.54, 1.807) is 7.11 Å². The van der Waals surface area contributed by atoms with E-state index in [0.29, 0.717) is 19.1 Å². The van der Waals surface area contributed by atoms with E-state index in [9.17, 15) is 0 Å². The van der Waals surface area contributed by atoms with Crippen LogP contribution in [0.5, 0.6) is 0 Å². The molecule has 8 heteroatoms. The van der Waals surface area contributed by atoms with Crippen molar-refractivity contribution in [3.8, 4) is 0 Å². The number of benzene rings is 1. The molecule has 0 amide bonds. The molecule has 2 N–H and O–H groups in total. The zero-order valence-electron chi connectivity index (χ0n) is 24.5. The molecule has 3 heterocycles. The Bertz CT molecular complexity index is 1230. The molecule has 0 unspecified atom stereocenters. The molecule has 210 valence electrons. The number of methoxy groups -OCH3 is 1. The highest BCUT2D eigenvalue weighted by atomic mass is 16.5. The van der Waals surface area contributed by atoms with Gasteiger partial charge in [0.05, 0.1) is 12.3 Å². The van der Waals surface area contributed by atoms with Crippen molar-refractivity contribution >= 4 is 23.3 Å². The number of pyridine rings is 1. The standard InChI is InChI=1S/C31H45N7O/c1-7-16-37(5)17-9-8-11-24-14-15-25(18-23(24)2)35-30-33-20-27-29(36-30)38(21-31(27,3)22-39-6)28-13-10-12-26(34-28)19-32-4/h10,12-15,18,20,32H,7-9,11,16-17,19,21-22H2,1-6H3,(H,33,35,36)/t31-/m1/s1. The van der Waals surface area contributed by atoms with Gasteiger partial charge in [0.1, 0.15) is 11.6 Å². The molecule has 0 saturated heterocycles. The lowest BCUT2D eigenvalue weighted by atomic mass is 9.87. The Morgan fingerprint density at radius 1 is 1.13 bits per heavy atom. The number of unbranched alkanes of at least 4 members (excludes halogenated alkanes) is 1. The molecule has 2 aromatic heterocycles. The number of nitrogens with one attached hydrogen (secondary N) is 2. The summed E-state index contributed by atoms with van der Waals surface area (Å²) in [4.78, 5) is 19.2. The second kappa shape index (κ2) is 13.3. The number of hydrogen-bond donors (Lipinski definition) is 2. The van der Waals surface area contributed by atoms with Crippen LogP contribution in [0.15, 0.2) is 42.6 Å². The molecule has 4 rings (SSSR count). The zero-order chi connectivity index (χ0) is 27.8. The van der Waals surface area contributed by atoms with Gasteiger partial charge >= 0.3 is 0 Å². The first-order valence-corrected chi connectivity index (χ1v) is 14.2. The second-order valence-corrected chi connectivity index (χ2v) is 11.1. The predicted molar refractivity (Wildman–Crippen MR) is 160 cm³/mol. The summed E-state index contributed by atoms with van der Waals surface area (Å²) >= 11 is 0. The lowest BCUT2D eigenvalue weighted by Crippen LogP contribution is -2.33. The summed E-state index contributed by atoms with van der Waals surface area (Å²) in [7, 11) is 5.89. The smallest absolute Gasteiger partial charge is 0.229 e. The van der Waals surface area contributed by atoms with Gasteiger partial charge in [0.25, 0.3) is 0 Å². The summed E-state index contributed by atoms with van der Waals surface area (Å²) in [6, 6.07) is 12.7. The molecule has 1 aromatic carbocycles. The van der Waals surface area contributed by atoms with Gasteiger partial charge in [-0.2, -0.15) is 4.98 Å². The van der Waals surface area contributed by atoms with Crippen LogP contribution in [-0.4, -0.2) is 67.3 Å². The summed E-state index contributed by atoms with van der Waals surface area (Å²) in [6.07, 6.45) is 6.69. The van der Waals surface area contributed by atoms with Gasteiger partial charge in [-0.1, -0.05) is 26.0 Å². The van der Waals surface area contributed by atoms with E-state index in [2.05, 4.69) is 72.5 Å². The molecule has 0 fully saturated rings. The van der Waals surface area contributed by atoms with E-state index in [1.165, 1.54) is 36.9 Å².